The molecule has 1 saturated carbocycles. The van der Waals surface area contributed by atoms with E-state index in [0.29, 0.717) is 17.6 Å². The van der Waals surface area contributed by atoms with Crippen molar-refractivity contribution in [1.29, 1.82) is 0 Å². The second-order valence-electron chi connectivity index (χ2n) is 3.78. The minimum absolute atomic E-state index is 0.570. The molecular weight excluding hydrogens is 335 g/mol. The van der Waals surface area contributed by atoms with Crippen molar-refractivity contribution < 1.29 is 0 Å². The van der Waals surface area contributed by atoms with Crippen LogP contribution < -0.4 is 5.73 Å². The van der Waals surface area contributed by atoms with Crippen LogP contribution in [-0.2, 0) is 0 Å². The molecule has 6 heteroatoms. The Bertz CT molecular complexity index is 522. The Balaban J connectivity index is 2.13. The fourth-order valence-corrected chi connectivity index (χ4v) is 2.76. The summed E-state index contributed by atoms with van der Waals surface area (Å²) in [5.74, 6) is 1.80. The lowest BCUT2D eigenvalue weighted by Gasteiger charge is -2.06. The zero-order valence-electron chi connectivity index (χ0n) is 8.35. The van der Waals surface area contributed by atoms with Gasteiger partial charge in [-0.25, -0.2) is 15.0 Å². The number of hydrogen-bond acceptors (Lipinski definition) is 5. The van der Waals surface area contributed by atoms with Crippen LogP contribution in [0.4, 0.5) is 5.82 Å². The second-order valence-corrected chi connectivity index (χ2v) is 5.58. The third-order valence-corrected chi connectivity index (χ3v) is 4.22. The van der Waals surface area contributed by atoms with Gasteiger partial charge in [0.2, 0.25) is 0 Å². The topological polar surface area (TPSA) is 64.7 Å². The van der Waals surface area contributed by atoms with Crippen molar-refractivity contribution in [2.75, 3.05) is 5.73 Å². The highest BCUT2D eigenvalue weighted by Gasteiger charge is 2.29. The third kappa shape index (κ3) is 1.80. The molecule has 0 atom stereocenters. The van der Waals surface area contributed by atoms with Gasteiger partial charge in [-0.3, -0.25) is 0 Å². The van der Waals surface area contributed by atoms with Gasteiger partial charge in [-0.1, -0.05) is 0 Å². The van der Waals surface area contributed by atoms with E-state index < -0.39 is 0 Å². The predicted molar refractivity (Wildman–Crippen MR) is 72.2 cm³/mol. The average molecular weight is 344 g/mol. The van der Waals surface area contributed by atoms with E-state index in [4.69, 9.17) is 5.73 Å². The highest BCUT2D eigenvalue weighted by Crippen LogP contribution is 2.42. The van der Waals surface area contributed by atoms with Gasteiger partial charge < -0.3 is 5.73 Å². The molecular formula is C10H9IN4S. The molecule has 2 aromatic heterocycles. The number of nitrogens with two attached hydrogens (primary N) is 1. The van der Waals surface area contributed by atoms with Gasteiger partial charge >= 0.3 is 0 Å². The van der Waals surface area contributed by atoms with Crippen LogP contribution >= 0.6 is 33.9 Å². The lowest BCUT2D eigenvalue weighted by molar-refractivity contribution is 0.979. The van der Waals surface area contributed by atoms with Gasteiger partial charge in [-0.2, -0.15) is 0 Å². The zero-order chi connectivity index (χ0) is 11.1. The number of halogens is 1. The van der Waals surface area contributed by atoms with E-state index in [1.165, 1.54) is 12.8 Å². The largest absolute Gasteiger partial charge is 0.383 e. The Hall–Kier alpha value is -0.760. The molecule has 1 fully saturated rings. The molecule has 2 N–H and O–H groups in total. The van der Waals surface area contributed by atoms with Crippen LogP contribution in [0.25, 0.3) is 11.5 Å². The van der Waals surface area contributed by atoms with Crippen molar-refractivity contribution in [2.24, 2.45) is 0 Å². The van der Waals surface area contributed by atoms with Crippen LogP contribution in [-0.4, -0.2) is 15.0 Å². The van der Waals surface area contributed by atoms with Crippen LogP contribution in [0.1, 0.15) is 24.5 Å². The first kappa shape index (κ1) is 10.4. The molecule has 4 nitrogen and oxygen atoms in total. The monoisotopic (exact) mass is 344 g/mol. The summed E-state index contributed by atoms with van der Waals surface area (Å²) >= 11 is 3.77. The van der Waals surface area contributed by atoms with E-state index in [0.717, 1.165) is 15.0 Å². The van der Waals surface area contributed by atoms with Gasteiger partial charge in [-0.05, 0) is 35.4 Å². The predicted octanol–water partition coefficient (Wildman–Crippen LogP) is 2.66. The molecule has 82 valence electrons. The fourth-order valence-electron chi connectivity index (χ4n) is 1.55. The zero-order valence-corrected chi connectivity index (χ0v) is 11.3. The molecule has 16 heavy (non-hydrogen) atoms. The summed E-state index contributed by atoms with van der Waals surface area (Å²) in [5, 5.41) is 1.94. The Morgan fingerprint density at radius 3 is 2.81 bits per heavy atom. The Labute approximate surface area is 110 Å². The smallest absolute Gasteiger partial charge is 0.181 e. The number of rotatable bonds is 2. The standard InChI is InChI=1S/C10H9IN4S/c11-7-8(5-1-2-5)14-10(15-9(7)12)6-3-16-4-13-6/h3-5H,1-2H2,(H2,12,14,15). The SMILES string of the molecule is Nc1nc(-c2cscn2)nc(C2CC2)c1I. The lowest BCUT2D eigenvalue weighted by atomic mass is 10.2. The molecule has 0 spiro atoms. The van der Waals surface area contributed by atoms with E-state index in [9.17, 15) is 0 Å². The molecule has 0 aliphatic heterocycles. The summed E-state index contributed by atoms with van der Waals surface area (Å²) < 4.78 is 0.999. The van der Waals surface area contributed by atoms with Gasteiger partial charge in [0.25, 0.3) is 0 Å². The van der Waals surface area contributed by atoms with Crippen LogP contribution in [0.3, 0.4) is 0 Å². The molecule has 2 aromatic rings. The van der Waals surface area contributed by atoms with Crippen molar-refractivity contribution in [3.05, 3.63) is 20.2 Å². The molecule has 0 radical (unpaired) electrons. The maximum atomic E-state index is 5.91. The average Bonchev–Trinajstić information content (AvgIpc) is 2.96. The summed E-state index contributed by atoms with van der Waals surface area (Å²) in [7, 11) is 0. The third-order valence-electron chi connectivity index (χ3n) is 2.53. The number of nitrogen functional groups attached to an aromatic ring is 1. The number of nitrogens with zero attached hydrogens (tertiary/aromatic N) is 3. The summed E-state index contributed by atoms with van der Waals surface area (Å²) in [6, 6.07) is 0. The number of hydrogen-bond donors (Lipinski definition) is 1. The maximum Gasteiger partial charge on any atom is 0.181 e. The highest BCUT2D eigenvalue weighted by atomic mass is 127. The summed E-state index contributed by atoms with van der Waals surface area (Å²) in [6.45, 7) is 0. The Kier molecular flexibility index (Phi) is 2.55. The van der Waals surface area contributed by atoms with Crippen molar-refractivity contribution in [2.45, 2.75) is 18.8 Å². The van der Waals surface area contributed by atoms with Gasteiger partial charge in [0.1, 0.15) is 11.5 Å². The molecule has 3 rings (SSSR count). The first-order valence-corrected chi connectivity index (χ1v) is 6.99. The summed E-state index contributed by atoms with van der Waals surface area (Å²) in [4.78, 5) is 13.1. The minimum Gasteiger partial charge on any atom is -0.383 e. The van der Waals surface area contributed by atoms with E-state index >= 15 is 0 Å². The fraction of sp³-hybridized carbons (Fsp3) is 0.300. The quantitative estimate of drug-likeness (QED) is 0.851. The van der Waals surface area contributed by atoms with E-state index in [-0.39, 0.29) is 0 Å². The van der Waals surface area contributed by atoms with E-state index in [1.807, 2.05) is 5.38 Å². The Morgan fingerprint density at radius 2 is 2.19 bits per heavy atom. The molecule has 0 unspecified atom stereocenters. The number of aromatic nitrogens is 3. The van der Waals surface area contributed by atoms with Gasteiger partial charge in [-0.15, -0.1) is 11.3 Å². The van der Waals surface area contributed by atoms with Crippen molar-refractivity contribution in [3.63, 3.8) is 0 Å². The van der Waals surface area contributed by atoms with Crippen molar-refractivity contribution >= 4 is 39.7 Å². The Morgan fingerprint density at radius 1 is 1.38 bits per heavy atom. The first-order chi connectivity index (χ1) is 7.75. The van der Waals surface area contributed by atoms with Crippen LogP contribution in [0.5, 0.6) is 0 Å². The number of thiazole rings is 1. The molecule has 0 saturated heterocycles. The maximum absolute atomic E-state index is 5.91. The number of anilines is 1. The van der Waals surface area contributed by atoms with Crippen LogP contribution in [0.2, 0.25) is 0 Å². The highest BCUT2D eigenvalue weighted by molar-refractivity contribution is 14.1. The molecule has 1 aliphatic rings. The van der Waals surface area contributed by atoms with E-state index in [2.05, 4.69) is 37.5 Å². The molecule has 0 bridgehead atoms. The van der Waals surface area contributed by atoms with Gasteiger partial charge in [0.15, 0.2) is 5.82 Å². The normalized spacial score (nSPS) is 15.3. The van der Waals surface area contributed by atoms with Crippen molar-refractivity contribution in [3.8, 4) is 11.5 Å². The van der Waals surface area contributed by atoms with Crippen molar-refractivity contribution in [1.82, 2.24) is 15.0 Å². The van der Waals surface area contributed by atoms with Crippen LogP contribution in [0.15, 0.2) is 10.9 Å². The summed E-state index contributed by atoms with van der Waals surface area (Å²) in [5.41, 5.74) is 9.60. The molecule has 0 amide bonds. The molecule has 2 heterocycles. The van der Waals surface area contributed by atoms with Crippen LogP contribution in [0, 0.1) is 3.57 Å². The van der Waals surface area contributed by atoms with E-state index in [1.54, 1.807) is 16.8 Å². The summed E-state index contributed by atoms with van der Waals surface area (Å²) in [6.07, 6.45) is 2.42. The minimum atomic E-state index is 0.570. The van der Waals surface area contributed by atoms with Gasteiger partial charge in [0.05, 0.1) is 14.8 Å². The first-order valence-electron chi connectivity index (χ1n) is 4.97. The second kappa shape index (κ2) is 3.92. The van der Waals surface area contributed by atoms with Gasteiger partial charge in [0, 0.05) is 11.3 Å². The molecule has 0 aromatic carbocycles. The molecule has 1 aliphatic carbocycles. The lowest BCUT2D eigenvalue weighted by Crippen LogP contribution is -2.04.